The first kappa shape index (κ1) is 15.0. The Balaban J connectivity index is 2.90. The summed E-state index contributed by atoms with van der Waals surface area (Å²) in [6.07, 6.45) is -1.48. The molecule has 0 aromatic heterocycles. The number of halogens is 4. The zero-order valence-corrected chi connectivity index (χ0v) is 10.2. The topological polar surface area (TPSA) is 26.0 Å². The van der Waals surface area contributed by atoms with Gasteiger partial charge >= 0.3 is 6.18 Å². The molecule has 0 bridgehead atoms. The van der Waals surface area contributed by atoms with Crippen LogP contribution in [0.4, 0.5) is 17.6 Å². The van der Waals surface area contributed by atoms with Crippen LogP contribution in [0.2, 0.25) is 0 Å². The second kappa shape index (κ2) is 6.18. The Morgan fingerprint density at radius 1 is 1.22 bits per heavy atom. The van der Waals surface area contributed by atoms with E-state index in [1.807, 2.05) is 6.92 Å². The molecule has 0 amide bonds. The van der Waals surface area contributed by atoms with Crippen molar-refractivity contribution in [2.24, 2.45) is 5.73 Å². The van der Waals surface area contributed by atoms with E-state index in [4.69, 9.17) is 5.73 Å². The van der Waals surface area contributed by atoms with Crippen LogP contribution >= 0.6 is 0 Å². The molecule has 0 heterocycles. The van der Waals surface area contributed by atoms with Gasteiger partial charge in [-0.1, -0.05) is 38.3 Å². The molecule has 1 aromatic carbocycles. The van der Waals surface area contributed by atoms with E-state index in [2.05, 4.69) is 0 Å². The van der Waals surface area contributed by atoms with Crippen LogP contribution in [-0.4, -0.2) is 0 Å². The number of benzene rings is 1. The van der Waals surface area contributed by atoms with Crippen molar-refractivity contribution < 1.29 is 17.6 Å². The van der Waals surface area contributed by atoms with Crippen LogP contribution in [0.1, 0.15) is 49.8 Å². The molecule has 2 N–H and O–H groups in total. The van der Waals surface area contributed by atoms with Gasteiger partial charge in [-0.05, 0) is 12.5 Å². The summed E-state index contributed by atoms with van der Waals surface area (Å²) in [5.74, 6) is -1.24. The number of hydrogen-bond acceptors (Lipinski definition) is 1. The second-order valence-corrected chi connectivity index (χ2v) is 4.31. The van der Waals surface area contributed by atoms with Gasteiger partial charge in [-0.3, -0.25) is 0 Å². The molecule has 0 saturated heterocycles. The van der Waals surface area contributed by atoms with Gasteiger partial charge in [0.1, 0.15) is 5.82 Å². The van der Waals surface area contributed by atoms with Gasteiger partial charge in [0.25, 0.3) is 0 Å². The lowest BCUT2D eigenvalue weighted by molar-refractivity contribution is -0.140. The Hall–Kier alpha value is -1.10. The molecule has 0 saturated carbocycles. The molecule has 0 aliphatic rings. The smallest absolute Gasteiger partial charge is 0.324 e. The van der Waals surface area contributed by atoms with Crippen molar-refractivity contribution in [3.05, 3.63) is 35.1 Å². The highest BCUT2D eigenvalue weighted by molar-refractivity contribution is 5.30. The maximum atomic E-state index is 13.7. The zero-order chi connectivity index (χ0) is 13.8. The Bertz CT molecular complexity index is 387. The van der Waals surface area contributed by atoms with Crippen molar-refractivity contribution in [1.29, 1.82) is 0 Å². The minimum Gasteiger partial charge on any atom is -0.324 e. The van der Waals surface area contributed by atoms with E-state index in [0.717, 1.165) is 25.3 Å². The van der Waals surface area contributed by atoms with E-state index < -0.39 is 23.6 Å². The number of hydrogen-bond donors (Lipinski definition) is 1. The third-order valence-corrected chi connectivity index (χ3v) is 2.85. The second-order valence-electron chi connectivity index (χ2n) is 4.31. The highest BCUT2D eigenvalue weighted by Crippen LogP contribution is 2.34. The van der Waals surface area contributed by atoms with Gasteiger partial charge in [-0.25, -0.2) is 4.39 Å². The third-order valence-electron chi connectivity index (χ3n) is 2.85. The van der Waals surface area contributed by atoms with Gasteiger partial charge < -0.3 is 5.73 Å². The lowest BCUT2D eigenvalue weighted by Crippen LogP contribution is -2.16. The summed E-state index contributed by atoms with van der Waals surface area (Å²) in [4.78, 5) is 0. The Labute approximate surface area is 104 Å². The standard InChI is InChI=1S/C13H17F4N/c1-2-3-4-8-11(18)9-6-5-7-10(12(9)14)13(15,16)17/h5-7,11H,2-4,8,18H2,1H3/t11-/m0/s1. The molecule has 0 fully saturated rings. The average molecular weight is 263 g/mol. The Morgan fingerprint density at radius 3 is 2.44 bits per heavy atom. The van der Waals surface area contributed by atoms with Gasteiger partial charge in [0.15, 0.2) is 0 Å². The first-order chi connectivity index (χ1) is 8.38. The molecule has 1 aromatic rings. The van der Waals surface area contributed by atoms with Gasteiger partial charge in [0, 0.05) is 11.6 Å². The van der Waals surface area contributed by atoms with E-state index in [1.165, 1.54) is 12.1 Å². The van der Waals surface area contributed by atoms with Crippen LogP contribution in [0.5, 0.6) is 0 Å². The summed E-state index contributed by atoms with van der Waals surface area (Å²) in [5.41, 5.74) is 4.44. The van der Waals surface area contributed by atoms with E-state index in [-0.39, 0.29) is 5.56 Å². The predicted molar refractivity (Wildman–Crippen MR) is 62.5 cm³/mol. The molecule has 1 rings (SSSR count). The summed E-state index contributed by atoms with van der Waals surface area (Å²) in [5, 5.41) is 0. The highest BCUT2D eigenvalue weighted by Gasteiger charge is 2.35. The molecule has 0 unspecified atom stereocenters. The first-order valence-electron chi connectivity index (χ1n) is 5.99. The molecule has 1 nitrogen and oxygen atoms in total. The fraction of sp³-hybridized carbons (Fsp3) is 0.538. The van der Waals surface area contributed by atoms with Crippen molar-refractivity contribution in [3.8, 4) is 0 Å². The summed E-state index contributed by atoms with van der Waals surface area (Å²) in [7, 11) is 0. The quantitative estimate of drug-likeness (QED) is 0.617. The summed E-state index contributed by atoms with van der Waals surface area (Å²) >= 11 is 0. The molecule has 0 spiro atoms. The van der Waals surface area contributed by atoms with Gasteiger partial charge in [-0.15, -0.1) is 0 Å². The Kier molecular flexibility index (Phi) is 5.14. The molecular formula is C13H17F4N. The summed E-state index contributed by atoms with van der Waals surface area (Å²) in [6.45, 7) is 2.01. The lowest BCUT2D eigenvalue weighted by atomic mass is 9.98. The van der Waals surface area contributed by atoms with Crippen LogP contribution in [0, 0.1) is 5.82 Å². The number of rotatable bonds is 5. The first-order valence-corrected chi connectivity index (χ1v) is 5.99. The summed E-state index contributed by atoms with van der Waals surface area (Å²) < 4.78 is 51.3. The molecule has 1 atom stereocenters. The maximum Gasteiger partial charge on any atom is 0.419 e. The van der Waals surface area contributed by atoms with Gasteiger partial charge in [0.2, 0.25) is 0 Å². The minimum atomic E-state index is -4.68. The fourth-order valence-corrected chi connectivity index (χ4v) is 1.82. The van der Waals surface area contributed by atoms with Crippen LogP contribution in [-0.2, 0) is 6.18 Å². The number of unbranched alkanes of at least 4 members (excludes halogenated alkanes) is 2. The molecule has 18 heavy (non-hydrogen) atoms. The zero-order valence-electron chi connectivity index (χ0n) is 10.2. The Morgan fingerprint density at radius 2 is 1.89 bits per heavy atom. The van der Waals surface area contributed by atoms with E-state index in [9.17, 15) is 17.6 Å². The van der Waals surface area contributed by atoms with Gasteiger partial charge in [-0.2, -0.15) is 13.2 Å². The number of nitrogens with two attached hydrogens (primary N) is 1. The van der Waals surface area contributed by atoms with Crippen LogP contribution in [0.15, 0.2) is 18.2 Å². The summed E-state index contributed by atoms with van der Waals surface area (Å²) in [6, 6.07) is 2.57. The molecule has 0 aliphatic carbocycles. The van der Waals surface area contributed by atoms with E-state index in [1.54, 1.807) is 0 Å². The van der Waals surface area contributed by atoms with E-state index in [0.29, 0.717) is 6.42 Å². The predicted octanol–water partition coefficient (Wildman–Crippen LogP) is 4.42. The lowest BCUT2D eigenvalue weighted by Gasteiger charge is -2.16. The van der Waals surface area contributed by atoms with Crippen molar-refractivity contribution in [3.63, 3.8) is 0 Å². The van der Waals surface area contributed by atoms with Crippen molar-refractivity contribution in [2.45, 2.75) is 44.8 Å². The maximum absolute atomic E-state index is 13.7. The van der Waals surface area contributed by atoms with Crippen LogP contribution < -0.4 is 5.73 Å². The van der Waals surface area contributed by atoms with Crippen LogP contribution in [0.3, 0.4) is 0 Å². The van der Waals surface area contributed by atoms with Crippen molar-refractivity contribution >= 4 is 0 Å². The molecular weight excluding hydrogens is 246 g/mol. The molecule has 0 aliphatic heterocycles. The van der Waals surface area contributed by atoms with Crippen molar-refractivity contribution in [1.82, 2.24) is 0 Å². The SMILES string of the molecule is CCCCC[C@H](N)c1cccc(C(F)(F)F)c1F. The molecule has 5 heteroatoms. The average Bonchev–Trinajstić information content (AvgIpc) is 2.28. The fourth-order valence-electron chi connectivity index (χ4n) is 1.82. The normalized spacial score (nSPS) is 13.7. The monoisotopic (exact) mass is 263 g/mol. The molecule has 102 valence electrons. The largest absolute Gasteiger partial charge is 0.419 e. The van der Waals surface area contributed by atoms with Gasteiger partial charge in [0.05, 0.1) is 5.56 Å². The molecule has 0 radical (unpaired) electrons. The minimum absolute atomic E-state index is 0.0547. The highest BCUT2D eigenvalue weighted by atomic mass is 19.4. The third kappa shape index (κ3) is 3.70. The van der Waals surface area contributed by atoms with Crippen molar-refractivity contribution in [2.75, 3.05) is 0 Å². The van der Waals surface area contributed by atoms with E-state index >= 15 is 0 Å². The van der Waals surface area contributed by atoms with Crippen LogP contribution in [0.25, 0.3) is 0 Å². The number of alkyl halides is 3.